The molecular weight excluding hydrogens is 119 g/mol. The van der Waals surface area contributed by atoms with Crippen LogP contribution in [0.5, 0.6) is 0 Å². The molecule has 0 aliphatic rings. The van der Waals surface area contributed by atoms with Crippen LogP contribution in [0.2, 0.25) is 0 Å². The molecule has 0 aliphatic heterocycles. The Morgan fingerprint density at radius 2 is 2.17 bits per heavy atom. The van der Waals surface area contributed by atoms with Crippen molar-refractivity contribution < 1.29 is 13.7 Å². The van der Waals surface area contributed by atoms with Crippen LogP contribution < -0.4 is 0 Å². The molecule has 0 amide bonds. The Bertz CT molecular complexity index is 68.4. The summed E-state index contributed by atoms with van der Waals surface area (Å²) in [6.07, 6.45) is 1.58. The first-order valence-electron chi connectivity index (χ1n) is 1.15. The first kappa shape index (κ1) is 7.00. The summed E-state index contributed by atoms with van der Waals surface area (Å²) in [7, 11) is -0.123. The third-order valence-corrected chi connectivity index (χ3v) is 0.621. The van der Waals surface area contributed by atoms with Gasteiger partial charge in [0.1, 0.15) is 0 Å². The van der Waals surface area contributed by atoms with Crippen LogP contribution in [0.3, 0.4) is 0 Å². The molecule has 0 bridgehead atoms. The van der Waals surface area contributed by atoms with Gasteiger partial charge in [-0.2, -0.15) is 0 Å². The minimum atomic E-state index is -0.123. The number of hydrogen-bond donors (Lipinski definition) is 0. The molecule has 0 aromatic heterocycles. The molecule has 0 aromatic rings. The van der Waals surface area contributed by atoms with E-state index < -0.39 is 0 Å². The Balaban J connectivity index is 2.88. The van der Waals surface area contributed by atoms with E-state index in [1.54, 1.807) is 6.26 Å². The molecule has 0 heterocycles. The molecule has 2 nitrogen and oxygen atoms in total. The molecule has 0 saturated carbocycles. The molecule has 6 heavy (non-hydrogen) atoms. The van der Waals surface area contributed by atoms with Crippen LogP contribution in [0.25, 0.3) is 0 Å². The van der Waals surface area contributed by atoms with Crippen LogP contribution in [0, 0.1) is 11.5 Å². The summed E-state index contributed by atoms with van der Waals surface area (Å²) >= 11 is 3.66. The van der Waals surface area contributed by atoms with Gasteiger partial charge in [-0.1, -0.05) is 0 Å². The Labute approximate surface area is 56.4 Å². The zero-order chi connectivity index (χ0) is 4.99. The van der Waals surface area contributed by atoms with Crippen LogP contribution >= 0.6 is 0 Å². The molecule has 0 aromatic carbocycles. The van der Waals surface area contributed by atoms with Crippen molar-refractivity contribution in [3.63, 3.8) is 0 Å². The Kier molecular flexibility index (Phi) is 4.87. The van der Waals surface area contributed by atoms with E-state index in [1.165, 1.54) is 0 Å². The SMILES string of the molecule is [Li][Cu]([Li])[O]C#N. The van der Waals surface area contributed by atoms with Crippen LogP contribution in [-0.4, -0.2) is 31.5 Å². The third kappa shape index (κ3) is 5.00. The van der Waals surface area contributed by atoms with E-state index in [4.69, 9.17) is 5.26 Å². The van der Waals surface area contributed by atoms with Crippen LogP contribution in [0.4, 0.5) is 0 Å². The molecule has 0 spiro atoms. The van der Waals surface area contributed by atoms with Crippen molar-refractivity contribution in [2.24, 2.45) is 0 Å². The maximum atomic E-state index is 7.77. The van der Waals surface area contributed by atoms with Gasteiger partial charge >= 0.3 is 56.7 Å². The van der Waals surface area contributed by atoms with Gasteiger partial charge in [-0.25, -0.2) is 0 Å². The fourth-order valence-electron chi connectivity index (χ4n) is 0.0550. The van der Waals surface area contributed by atoms with Gasteiger partial charge in [-0.3, -0.25) is 0 Å². The molecule has 0 N–H and O–H groups in total. The molecule has 28 valence electrons. The third-order valence-electron chi connectivity index (χ3n) is 0.151. The van der Waals surface area contributed by atoms with Crippen LogP contribution in [-0.2, 0) is 13.7 Å². The topological polar surface area (TPSA) is 33.0 Å². The molecule has 0 rings (SSSR count). The second-order valence-electron chi connectivity index (χ2n) is 0.701. The molecular formula is CCuLi2NO. The Hall–Kier alpha value is 1.00. The van der Waals surface area contributed by atoms with E-state index in [0.717, 1.165) is 0 Å². The van der Waals surface area contributed by atoms with Crippen molar-refractivity contribution in [1.29, 1.82) is 5.26 Å². The van der Waals surface area contributed by atoms with Gasteiger partial charge in [0, 0.05) is 0 Å². The van der Waals surface area contributed by atoms with Crippen molar-refractivity contribution in [3.05, 3.63) is 0 Å². The molecule has 0 saturated heterocycles. The average molecular weight is 119 g/mol. The molecule has 0 unspecified atom stereocenters. The van der Waals surface area contributed by atoms with E-state index in [2.05, 4.69) is 3.82 Å². The zero-order valence-corrected chi connectivity index (χ0v) is 4.60. The monoisotopic (exact) mass is 119 g/mol. The van der Waals surface area contributed by atoms with Crippen molar-refractivity contribution in [2.45, 2.75) is 0 Å². The summed E-state index contributed by atoms with van der Waals surface area (Å²) in [5, 5.41) is 7.77. The second kappa shape index (κ2) is 4.17. The zero-order valence-electron chi connectivity index (χ0n) is 3.66. The number of nitrogens with zero attached hydrogens (tertiary/aromatic N) is 1. The van der Waals surface area contributed by atoms with E-state index in [1.807, 2.05) is 31.5 Å². The van der Waals surface area contributed by atoms with E-state index >= 15 is 0 Å². The summed E-state index contributed by atoms with van der Waals surface area (Å²) in [5.74, 6) is 0. The number of hydrogen-bond acceptors (Lipinski definition) is 2. The molecule has 0 fully saturated rings. The van der Waals surface area contributed by atoms with Crippen molar-refractivity contribution >= 4 is 31.5 Å². The van der Waals surface area contributed by atoms with Crippen LogP contribution in [0.1, 0.15) is 0 Å². The van der Waals surface area contributed by atoms with Gasteiger partial charge in [0.25, 0.3) is 0 Å². The van der Waals surface area contributed by atoms with Gasteiger partial charge in [0.05, 0.1) is 0 Å². The van der Waals surface area contributed by atoms with E-state index in [0.29, 0.717) is 0 Å². The first-order valence-corrected chi connectivity index (χ1v) is 3.42. The predicted octanol–water partition coefficient (Wildman–Crippen LogP) is -0.816. The number of nitriles is 1. The fourth-order valence-corrected chi connectivity index (χ4v) is 0.227. The Morgan fingerprint density at radius 1 is 1.67 bits per heavy atom. The summed E-state index contributed by atoms with van der Waals surface area (Å²) in [6.45, 7) is 0. The van der Waals surface area contributed by atoms with Gasteiger partial charge in [0.2, 0.25) is 0 Å². The average Bonchev–Trinajstić information content (AvgIpc) is 1.35. The van der Waals surface area contributed by atoms with Gasteiger partial charge < -0.3 is 0 Å². The van der Waals surface area contributed by atoms with Gasteiger partial charge in [-0.05, 0) is 0 Å². The maximum absolute atomic E-state index is 7.77. The van der Waals surface area contributed by atoms with Crippen molar-refractivity contribution in [1.82, 2.24) is 0 Å². The summed E-state index contributed by atoms with van der Waals surface area (Å²) < 4.78 is 4.37. The predicted molar refractivity (Wildman–Crippen MR) is 18.2 cm³/mol. The minimum absolute atomic E-state index is 0.123. The molecule has 5 heteroatoms. The molecule has 0 atom stereocenters. The fraction of sp³-hybridized carbons (Fsp3) is 0. The number of rotatable bonds is 1. The summed E-state index contributed by atoms with van der Waals surface area (Å²) in [6, 6.07) is 0. The normalized spacial score (nSPS) is 9.50. The second-order valence-corrected chi connectivity index (χ2v) is 2.60. The van der Waals surface area contributed by atoms with E-state index in [-0.39, 0.29) is 9.85 Å². The molecule has 0 aliphatic carbocycles. The summed E-state index contributed by atoms with van der Waals surface area (Å²) in [4.78, 5) is 0. The summed E-state index contributed by atoms with van der Waals surface area (Å²) in [5.41, 5.74) is 0. The van der Waals surface area contributed by atoms with Gasteiger partial charge in [0.15, 0.2) is 0 Å². The van der Waals surface area contributed by atoms with Gasteiger partial charge in [-0.15, -0.1) is 0 Å². The standard InChI is InChI=1S/CHNO.Cu.2Li/c2-1-3;;;/h3H;;;/q;+1;;/p-1. The van der Waals surface area contributed by atoms with E-state index in [9.17, 15) is 0 Å². The van der Waals surface area contributed by atoms with Crippen molar-refractivity contribution in [3.8, 4) is 6.26 Å². The van der Waals surface area contributed by atoms with Crippen molar-refractivity contribution in [2.75, 3.05) is 0 Å². The first-order chi connectivity index (χ1) is 2.77. The van der Waals surface area contributed by atoms with Crippen LogP contribution in [0.15, 0.2) is 0 Å². The quantitative estimate of drug-likeness (QED) is 0.334. The molecule has 0 radical (unpaired) electrons. The Morgan fingerprint density at radius 3 is 2.17 bits per heavy atom.